The van der Waals surface area contributed by atoms with E-state index in [0.29, 0.717) is 22.4 Å². The molecule has 23 heteroatoms. The number of aryl methyl sites for hydroxylation is 2. The second-order valence-corrected chi connectivity index (χ2v) is 18.0. The van der Waals surface area contributed by atoms with Gasteiger partial charge < -0.3 is 31.2 Å². The topological polar surface area (TPSA) is 253 Å². The summed E-state index contributed by atoms with van der Waals surface area (Å²) >= 11 is 0. The van der Waals surface area contributed by atoms with E-state index < -0.39 is 89.1 Å². The molecular formula is C50H53F3N14O6. The third-order valence-electron chi connectivity index (χ3n) is 13.4. The van der Waals surface area contributed by atoms with Crippen LogP contribution in [-0.4, -0.2) is 101 Å². The molecule has 6 atom stereocenters. The van der Waals surface area contributed by atoms with Crippen LogP contribution in [0, 0.1) is 29.3 Å². The van der Waals surface area contributed by atoms with Crippen molar-refractivity contribution in [1.82, 2.24) is 49.5 Å². The van der Waals surface area contributed by atoms with Crippen molar-refractivity contribution < 1.29 is 41.9 Å². The molecule has 2 aliphatic heterocycles. The molecular weight excluding hydrogens is 950 g/mol. The summed E-state index contributed by atoms with van der Waals surface area (Å²) in [5.41, 5.74) is 13.8. The van der Waals surface area contributed by atoms with Crippen LogP contribution < -0.4 is 31.9 Å². The number of aromatic nitrogens is 6. The fourth-order valence-electron chi connectivity index (χ4n) is 9.47. The number of likely N-dealkylation sites (tertiary alicyclic amines) is 2. The van der Waals surface area contributed by atoms with Gasteiger partial charge in [0.15, 0.2) is 0 Å². The van der Waals surface area contributed by atoms with Crippen LogP contribution in [-0.2, 0) is 52.5 Å². The van der Waals surface area contributed by atoms with Crippen LogP contribution in [0.2, 0.25) is 0 Å². The molecule has 4 aromatic heterocycles. The van der Waals surface area contributed by atoms with Crippen LogP contribution in [0.3, 0.4) is 0 Å². The minimum absolute atomic E-state index is 0.00753. The molecule has 0 aliphatic carbocycles. The molecule has 380 valence electrons. The molecule has 2 saturated heterocycles. The van der Waals surface area contributed by atoms with Gasteiger partial charge in [0.25, 0.3) is 11.8 Å². The molecule has 0 saturated carbocycles. The molecule has 2 aliphatic rings. The number of nitrogens with zero attached hydrogens (tertiary/aromatic N) is 10. The Hall–Kier alpha value is -8.63. The fraction of sp³-hybridized carbons (Fsp3) is 0.320. The second-order valence-electron chi connectivity index (χ2n) is 18.0. The highest BCUT2D eigenvalue weighted by Gasteiger charge is 2.57. The number of hydrogen-bond acceptors (Lipinski definition) is 12. The number of rotatable bonds is 16. The number of nitrogens with two attached hydrogens (primary N) is 2. The zero-order chi connectivity index (χ0) is 52.4. The quantitative estimate of drug-likeness (QED) is 0.0977. The Kier molecular flexibility index (Phi) is 14.6. The standard InChI is InChI=1S/C50H53F3N14O6/c1-6-37(33-25-31(52)10-12-36(33)53)60-49(72)66-42(35(43(66)68)21-28-15-17-57-40(55)23-28)46(71)65(5)48-59-26-32(63(48)3)11-13-38(29-8-7-9-30(51)24-29)61-50(73)67-41(45(70)64(4)47-58-18-19-62(47)2)34(44(67)69)20-27-14-16-56-39(54)22-27/h7-10,12,14-19,22-26,34-35,37-38,41-42H,6,11,13,20-21H2,1-5H3,(H2,54,56)(H2,55,57)(H,60,72)(H,61,73)/t34-,35-,37+,38+,41+,42+/m1/s1. The van der Waals surface area contributed by atoms with Crippen LogP contribution in [0.25, 0.3) is 0 Å². The largest absolute Gasteiger partial charge is 0.384 e. The van der Waals surface area contributed by atoms with E-state index in [2.05, 4.69) is 30.6 Å². The van der Waals surface area contributed by atoms with Crippen molar-refractivity contribution in [2.24, 2.45) is 25.9 Å². The van der Waals surface area contributed by atoms with Gasteiger partial charge in [-0.3, -0.25) is 38.8 Å². The van der Waals surface area contributed by atoms with Crippen LogP contribution in [0.1, 0.15) is 59.8 Å². The molecule has 0 bridgehead atoms. The van der Waals surface area contributed by atoms with Gasteiger partial charge in [-0.2, -0.15) is 0 Å². The minimum atomic E-state index is -1.37. The smallest absolute Gasteiger partial charge is 0.325 e. The third kappa shape index (κ3) is 10.3. The number of nitrogen functional groups attached to an aromatic ring is 2. The monoisotopic (exact) mass is 1000 g/mol. The first kappa shape index (κ1) is 50.7. The maximum Gasteiger partial charge on any atom is 0.325 e. The highest BCUT2D eigenvalue weighted by molar-refractivity contribution is 6.13. The molecule has 8 amide bonds. The lowest BCUT2D eigenvalue weighted by molar-refractivity contribution is -0.156. The SMILES string of the molecule is CC[C@H](NC(=O)N1C(=O)[C@H](Cc2ccnc(N)c2)[C@H]1C(=O)N(C)c1ncc(CC[C@H](NC(=O)N2C(=O)[C@H](Cc3ccnc(N)c3)[C@H]2C(=O)N(C)c2nccn2C)c2cccc(F)c2)n1C)c1cc(F)ccc1F. The summed E-state index contributed by atoms with van der Waals surface area (Å²) in [6.45, 7) is 1.64. The van der Waals surface area contributed by atoms with E-state index in [0.717, 1.165) is 28.0 Å². The highest BCUT2D eigenvalue weighted by atomic mass is 19.1. The number of imide groups is 2. The zero-order valence-electron chi connectivity index (χ0n) is 40.4. The summed E-state index contributed by atoms with van der Waals surface area (Å²) in [6.07, 6.45) is 8.05. The van der Waals surface area contributed by atoms with Crippen LogP contribution in [0.4, 0.5) is 46.3 Å². The molecule has 6 N–H and O–H groups in total. The van der Waals surface area contributed by atoms with Crippen LogP contribution in [0.5, 0.6) is 0 Å². The Labute approximate surface area is 417 Å². The average Bonchev–Trinajstić information content (AvgIpc) is 3.97. The number of likely N-dealkylation sites (N-methyl/N-ethyl adjacent to an activating group) is 2. The van der Waals surface area contributed by atoms with Gasteiger partial charge in [0, 0.05) is 64.2 Å². The number of amides is 8. The fourth-order valence-corrected chi connectivity index (χ4v) is 9.47. The molecule has 2 fully saturated rings. The van der Waals surface area contributed by atoms with Crippen molar-refractivity contribution in [1.29, 1.82) is 0 Å². The van der Waals surface area contributed by atoms with Gasteiger partial charge in [0.05, 0.1) is 30.1 Å². The first-order valence-electron chi connectivity index (χ1n) is 23.3. The summed E-state index contributed by atoms with van der Waals surface area (Å²) < 4.78 is 47.1. The van der Waals surface area contributed by atoms with E-state index in [1.807, 2.05) is 0 Å². The van der Waals surface area contributed by atoms with E-state index >= 15 is 0 Å². The number of imidazole rings is 2. The molecule has 0 unspecified atom stereocenters. The lowest BCUT2D eigenvalue weighted by Gasteiger charge is -2.46. The third-order valence-corrected chi connectivity index (χ3v) is 13.4. The maximum atomic E-state index is 14.9. The number of hydrogen-bond donors (Lipinski definition) is 4. The molecule has 0 spiro atoms. The first-order valence-corrected chi connectivity index (χ1v) is 23.3. The zero-order valence-corrected chi connectivity index (χ0v) is 40.4. The number of halogens is 3. The number of carbonyl (C=O) groups excluding carboxylic acids is 6. The van der Waals surface area contributed by atoms with Gasteiger partial charge in [-0.25, -0.2) is 42.7 Å². The van der Waals surface area contributed by atoms with Crippen molar-refractivity contribution in [3.63, 3.8) is 0 Å². The van der Waals surface area contributed by atoms with Crippen molar-refractivity contribution in [3.05, 3.63) is 143 Å². The number of β-lactam (4-membered cyclic amide) rings is 2. The molecule has 6 aromatic rings. The Bertz CT molecular complexity index is 3110. The Balaban J connectivity index is 1.02. The van der Waals surface area contributed by atoms with Crippen molar-refractivity contribution >= 4 is 59.2 Å². The molecule has 8 rings (SSSR count). The van der Waals surface area contributed by atoms with Gasteiger partial charge in [-0.15, -0.1) is 0 Å². The van der Waals surface area contributed by atoms with Crippen molar-refractivity contribution in [2.45, 2.75) is 63.2 Å². The average molecular weight is 1000 g/mol. The summed E-state index contributed by atoms with van der Waals surface area (Å²) in [5, 5.41) is 5.46. The normalized spacial score (nSPS) is 18.1. The number of benzene rings is 2. The van der Waals surface area contributed by atoms with Crippen molar-refractivity contribution in [3.8, 4) is 0 Å². The van der Waals surface area contributed by atoms with Gasteiger partial charge in [-0.1, -0.05) is 19.1 Å². The predicted molar refractivity (Wildman–Crippen MR) is 260 cm³/mol. The Morgan fingerprint density at radius 1 is 0.699 bits per heavy atom. The summed E-state index contributed by atoms with van der Waals surface area (Å²) in [7, 11) is 6.24. The van der Waals surface area contributed by atoms with E-state index in [1.165, 1.54) is 66.9 Å². The first-order chi connectivity index (χ1) is 34.9. The number of urea groups is 2. The molecule has 20 nitrogen and oxygen atoms in total. The van der Waals surface area contributed by atoms with Gasteiger partial charge in [-0.05, 0) is 103 Å². The summed E-state index contributed by atoms with van der Waals surface area (Å²) in [6, 6.07) is 8.31. The van der Waals surface area contributed by atoms with Crippen LogP contribution >= 0.6 is 0 Å². The van der Waals surface area contributed by atoms with E-state index in [9.17, 15) is 41.9 Å². The molecule has 2 aromatic carbocycles. The number of pyridine rings is 2. The lowest BCUT2D eigenvalue weighted by Crippen LogP contribution is -2.70. The predicted octanol–water partition coefficient (Wildman–Crippen LogP) is 4.53. The van der Waals surface area contributed by atoms with Gasteiger partial charge >= 0.3 is 12.1 Å². The van der Waals surface area contributed by atoms with E-state index in [4.69, 9.17) is 11.5 Å². The number of carbonyl (C=O) groups is 6. The Morgan fingerprint density at radius 2 is 1.26 bits per heavy atom. The highest BCUT2D eigenvalue weighted by Crippen LogP contribution is 2.36. The van der Waals surface area contributed by atoms with Crippen LogP contribution in [0.15, 0.2) is 97.7 Å². The summed E-state index contributed by atoms with van der Waals surface area (Å²) in [5.74, 6) is -5.89. The molecule has 0 radical (unpaired) electrons. The number of nitrogens with one attached hydrogen (secondary N) is 2. The lowest BCUT2D eigenvalue weighted by atomic mass is 9.81. The number of anilines is 4. The molecule has 73 heavy (non-hydrogen) atoms. The maximum absolute atomic E-state index is 14.9. The minimum Gasteiger partial charge on any atom is -0.384 e. The van der Waals surface area contributed by atoms with Gasteiger partial charge in [0.1, 0.15) is 41.2 Å². The second kappa shape index (κ2) is 21.0. The van der Waals surface area contributed by atoms with E-state index in [1.54, 1.807) is 66.7 Å². The van der Waals surface area contributed by atoms with E-state index in [-0.39, 0.29) is 61.2 Å². The van der Waals surface area contributed by atoms with Crippen molar-refractivity contribution in [2.75, 3.05) is 35.4 Å². The molecule has 6 heterocycles. The Morgan fingerprint density at radius 3 is 1.79 bits per heavy atom. The van der Waals surface area contributed by atoms with Gasteiger partial charge in [0.2, 0.25) is 23.7 Å². The summed E-state index contributed by atoms with van der Waals surface area (Å²) in [4.78, 5) is 106.